The fraction of sp³-hybridized carbons (Fsp3) is 0.526. The average Bonchev–Trinajstić information content (AvgIpc) is 3.40. The SMILES string of the molecule is O=C1CN(C(=O)[C@H]2CC(=O)N(C3CC3)C2)CCN1Cc1ccccc1F. The first-order chi connectivity index (χ1) is 12.5. The van der Waals surface area contributed by atoms with Gasteiger partial charge >= 0.3 is 0 Å². The highest BCUT2D eigenvalue weighted by Crippen LogP contribution is 2.33. The second-order valence-corrected chi connectivity index (χ2v) is 7.34. The lowest BCUT2D eigenvalue weighted by Gasteiger charge is -2.35. The molecule has 0 bridgehead atoms. The van der Waals surface area contributed by atoms with E-state index in [2.05, 4.69) is 0 Å². The zero-order chi connectivity index (χ0) is 18.3. The minimum Gasteiger partial charge on any atom is -0.339 e. The van der Waals surface area contributed by atoms with Gasteiger partial charge < -0.3 is 14.7 Å². The van der Waals surface area contributed by atoms with Crippen LogP contribution in [0.1, 0.15) is 24.8 Å². The molecule has 3 amide bonds. The summed E-state index contributed by atoms with van der Waals surface area (Å²) >= 11 is 0. The lowest BCUT2D eigenvalue weighted by molar-refractivity contribution is -0.147. The van der Waals surface area contributed by atoms with Gasteiger partial charge in [-0.15, -0.1) is 0 Å². The van der Waals surface area contributed by atoms with Crippen LogP contribution in [0, 0.1) is 11.7 Å². The van der Waals surface area contributed by atoms with Crippen molar-refractivity contribution in [1.29, 1.82) is 0 Å². The molecule has 0 aromatic heterocycles. The second-order valence-electron chi connectivity index (χ2n) is 7.34. The van der Waals surface area contributed by atoms with Gasteiger partial charge in [-0.3, -0.25) is 14.4 Å². The number of amides is 3. The third kappa shape index (κ3) is 3.30. The number of carbonyl (C=O) groups is 3. The zero-order valence-electron chi connectivity index (χ0n) is 14.6. The fourth-order valence-electron chi connectivity index (χ4n) is 3.79. The van der Waals surface area contributed by atoms with E-state index in [1.807, 2.05) is 4.90 Å². The number of carbonyl (C=O) groups excluding carboxylic acids is 3. The predicted octanol–water partition coefficient (Wildman–Crippen LogP) is 1.01. The summed E-state index contributed by atoms with van der Waals surface area (Å²) in [4.78, 5) is 42.1. The molecular weight excluding hydrogens is 337 g/mol. The van der Waals surface area contributed by atoms with Crippen LogP contribution in [0.4, 0.5) is 4.39 Å². The molecule has 0 unspecified atom stereocenters. The summed E-state index contributed by atoms with van der Waals surface area (Å²) in [5.74, 6) is -0.913. The maximum Gasteiger partial charge on any atom is 0.242 e. The standard InChI is InChI=1S/C19H22FN3O3/c20-16-4-2-1-3-13(16)10-21-7-8-22(12-18(21)25)19(26)14-9-17(24)23(11-14)15-5-6-15/h1-4,14-15H,5-12H2/t14-/m0/s1. The Hall–Kier alpha value is -2.44. The Morgan fingerprint density at radius 2 is 1.88 bits per heavy atom. The number of benzene rings is 1. The van der Waals surface area contributed by atoms with Crippen molar-refractivity contribution in [3.05, 3.63) is 35.6 Å². The first-order valence-corrected chi connectivity index (χ1v) is 9.12. The number of nitrogens with zero attached hydrogens (tertiary/aromatic N) is 3. The largest absolute Gasteiger partial charge is 0.339 e. The number of likely N-dealkylation sites (tertiary alicyclic amines) is 1. The van der Waals surface area contributed by atoms with E-state index in [-0.39, 0.29) is 49.0 Å². The van der Waals surface area contributed by atoms with Crippen molar-refractivity contribution >= 4 is 17.7 Å². The van der Waals surface area contributed by atoms with Gasteiger partial charge in [0.05, 0.1) is 12.5 Å². The molecule has 7 heteroatoms. The molecule has 0 spiro atoms. The van der Waals surface area contributed by atoms with Gasteiger partial charge in [-0.1, -0.05) is 18.2 Å². The van der Waals surface area contributed by atoms with Gasteiger partial charge in [-0.2, -0.15) is 0 Å². The van der Waals surface area contributed by atoms with E-state index in [4.69, 9.17) is 0 Å². The summed E-state index contributed by atoms with van der Waals surface area (Å²) in [6, 6.07) is 6.72. The molecule has 2 heterocycles. The van der Waals surface area contributed by atoms with Crippen LogP contribution < -0.4 is 0 Å². The number of hydrogen-bond donors (Lipinski definition) is 0. The van der Waals surface area contributed by atoms with Crippen molar-refractivity contribution in [3.8, 4) is 0 Å². The molecule has 2 aliphatic heterocycles. The Balaban J connectivity index is 1.35. The Morgan fingerprint density at radius 3 is 2.58 bits per heavy atom. The van der Waals surface area contributed by atoms with Gasteiger partial charge in [0.1, 0.15) is 5.82 Å². The summed E-state index contributed by atoms with van der Waals surface area (Å²) in [6.45, 7) is 1.50. The van der Waals surface area contributed by atoms with Crippen LogP contribution in [0.2, 0.25) is 0 Å². The minimum atomic E-state index is -0.339. The number of hydrogen-bond acceptors (Lipinski definition) is 3. The highest BCUT2D eigenvalue weighted by molar-refractivity contribution is 5.92. The van der Waals surface area contributed by atoms with Crippen LogP contribution in [0.3, 0.4) is 0 Å². The molecule has 1 atom stereocenters. The average molecular weight is 359 g/mol. The summed E-state index contributed by atoms with van der Waals surface area (Å²) in [5.41, 5.74) is 0.474. The van der Waals surface area contributed by atoms with Crippen molar-refractivity contribution in [3.63, 3.8) is 0 Å². The van der Waals surface area contributed by atoms with Gasteiger partial charge in [-0.25, -0.2) is 4.39 Å². The third-order valence-corrected chi connectivity index (χ3v) is 5.44. The summed E-state index contributed by atoms with van der Waals surface area (Å²) in [7, 11) is 0. The molecular formula is C19H22FN3O3. The second kappa shape index (κ2) is 6.70. The van der Waals surface area contributed by atoms with E-state index in [0.717, 1.165) is 12.8 Å². The highest BCUT2D eigenvalue weighted by atomic mass is 19.1. The van der Waals surface area contributed by atoms with Gasteiger partial charge in [0, 0.05) is 44.2 Å². The molecule has 4 rings (SSSR count). The van der Waals surface area contributed by atoms with Crippen molar-refractivity contribution < 1.29 is 18.8 Å². The van der Waals surface area contributed by atoms with Crippen LogP contribution in [0.5, 0.6) is 0 Å². The minimum absolute atomic E-state index is 0.00139. The Morgan fingerprint density at radius 1 is 1.12 bits per heavy atom. The van der Waals surface area contributed by atoms with Crippen LogP contribution >= 0.6 is 0 Å². The number of halogens is 1. The van der Waals surface area contributed by atoms with Crippen LogP contribution in [-0.2, 0) is 20.9 Å². The van der Waals surface area contributed by atoms with E-state index in [1.165, 1.54) is 6.07 Å². The number of piperazine rings is 1. The maximum absolute atomic E-state index is 13.8. The van der Waals surface area contributed by atoms with Gasteiger partial charge in [0.2, 0.25) is 17.7 Å². The van der Waals surface area contributed by atoms with E-state index in [0.29, 0.717) is 31.2 Å². The summed E-state index contributed by atoms with van der Waals surface area (Å²) in [5, 5.41) is 0. The van der Waals surface area contributed by atoms with E-state index >= 15 is 0 Å². The van der Waals surface area contributed by atoms with E-state index < -0.39 is 0 Å². The monoisotopic (exact) mass is 359 g/mol. The fourth-order valence-corrected chi connectivity index (χ4v) is 3.79. The molecule has 3 fully saturated rings. The predicted molar refractivity (Wildman–Crippen MR) is 91.2 cm³/mol. The molecule has 26 heavy (non-hydrogen) atoms. The van der Waals surface area contributed by atoms with Crippen molar-refractivity contribution in [1.82, 2.24) is 14.7 Å². The Labute approximate surface area is 151 Å². The lowest BCUT2D eigenvalue weighted by Crippen LogP contribution is -2.53. The molecule has 3 aliphatic rings. The molecule has 138 valence electrons. The molecule has 1 aliphatic carbocycles. The van der Waals surface area contributed by atoms with Gasteiger partial charge in [-0.05, 0) is 18.9 Å². The highest BCUT2D eigenvalue weighted by Gasteiger charge is 2.43. The van der Waals surface area contributed by atoms with Gasteiger partial charge in [0.25, 0.3) is 0 Å². The summed E-state index contributed by atoms with van der Waals surface area (Å²) in [6.07, 6.45) is 2.30. The van der Waals surface area contributed by atoms with E-state index in [9.17, 15) is 18.8 Å². The molecule has 0 radical (unpaired) electrons. The maximum atomic E-state index is 13.8. The smallest absolute Gasteiger partial charge is 0.242 e. The van der Waals surface area contributed by atoms with Crippen molar-refractivity contribution in [2.75, 3.05) is 26.2 Å². The first kappa shape index (κ1) is 17.0. The molecule has 1 aromatic rings. The Bertz CT molecular complexity index is 749. The molecule has 6 nitrogen and oxygen atoms in total. The normalized spacial score (nSPS) is 23.7. The molecule has 0 N–H and O–H groups in total. The van der Waals surface area contributed by atoms with Gasteiger partial charge in [0.15, 0.2) is 0 Å². The molecule has 1 aromatic carbocycles. The lowest BCUT2D eigenvalue weighted by atomic mass is 10.1. The third-order valence-electron chi connectivity index (χ3n) is 5.44. The van der Waals surface area contributed by atoms with Crippen LogP contribution in [0.25, 0.3) is 0 Å². The zero-order valence-corrected chi connectivity index (χ0v) is 14.6. The summed E-state index contributed by atoms with van der Waals surface area (Å²) < 4.78 is 13.8. The Kier molecular flexibility index (Phi) is 4.38. The molecule has 2 saturated heterocycles. The first-order valence-electron chi connectivity index (χ1n) is 9.12. The van der Waals surface area contributed by atoms with E-state index in [1.54, 1.807) is 28.0 Å². The van der Waals surface area contributed by atoms with Crippen LogP contribution in [0.15, 0.2) is 24.3 Å². The topological polar surface area (TPSA) is 60.9 Å². The molecule has 1 saturated carbocycles. The quantitative estimate of drug-likeness (QED) is 0.806. The van der Waals surface area contributed by atoms with Crippen molar-refractivity contribution in [2.45, 2.75) is 31.8 Å². The number of rotatable bonds is 4. The van der Waals surface area contributed by atoms with Crippen molar-refractivity contribution in [2.24, 2.45) is 5.92 Å². The van der Waals surface area contributed by atoms with Crippen LogP contribution in [-0.4, -0.2) is 64.6 Å².